The van der Waals surface area contributed by atoms with E-state index in [4.69, 9.17) is 9.26 Å². The van der Waals surface area contributed by atoms with Crippen LogP contribution in [0.2, 0.25) is 0 Å². The van der Waals surface area contributed by atoms with Crippen LogP contribution in [0.25, 0.3) is 0 Å². The molecule has 2 aliphatic rings. The minimum Gasteiger partial charge on any atom is -0.396 e. The SMILES string of the molecule is COCC(=O)N1CCC2(CC1)CCN(c1noc(C)n1)CC2CO. The number of aryl methyl sites for hydroxylation is 1. The lowest BCUT2D eigenvalue weighted by Gasteiger charge is -2.51. The van der Waals surface area contributed by atoms with Crippen molar-refractivity contribution >= 4 is 11.9 Å². The maximum absolute atomic E-state index is 12.0. The maximum atomic E-state index is 12.0. The van der Waals surface area contributed by atoms with E-state index in [1.165, 1.54) is 0 Å². The van der Waals surface area contributed by atoms with Gasteiger partial charge in [0, 0.05) is 52.7 Å². The third kappa shape index (κ3) is 3.25. The number of amides is 1. The lowest BCUT2D eigenvalue weighted by atomic mass is 9.64. The van der Waals surface area contributed by atoms with Crippen molar-refractivity contribution in [3.05, 3.63) is 5.89 Å². The first-order valence-electron chi connectivity index (χ1n) is 8.51. The maximum Gasteiger partial charge on any atom is 0.266 e. The molecule has 3 heterocycles. The van der Waals surface area contributed by atoms with Gasteiger partial charge in [0.25, 0.3) is 5.95 Å². The van der Waals surface area contributed by atoms with Crippen LogP contribution in [0.1, 0.15) is 25.2 Å². The molecule has 0 aromatic carbocycles. The Labute approximate surface area is 141 Å². The molecule has 3 rings (SSSR count). The number of aliphatic hydroxyl groups excluding tert-OH is 1. The first kappa shape index (κ1) is 17.2. The Bertz CT molecular complexity index is 568. The van der Waals surface area contributed by atoms with Crippen LogP contribution in [-0.2, 0) is 9.53 Å². The molecule has 2 saturated heterocycles. The largest absolute Gasteiger partial charge is 0.396 e. The van der Waals surface area contributed by atoms with Crippen LogP contribution in [0.5, 0.6) is 0 Å². The zero-order valence-electron chi connectivity index (χ0n) is 14.4. The number of carbonyl (C=O) groups is 1. The molecule has 0 saturated carbocycles. The number of ether oxygens (including phenoxy) is 1. The van der Waals surface area contributed by atoms with Crippen molar-refractivity contribution in [1.29, 1.82) is 0 Å². The highest BCUT2D eigenvalue weighted by molar-refractivity contribution is 5.77. The van der Waals surface area contributed by atoms with Gasteiger partial charge < -0.3 is 24.2 Å². The second kappa shape index (κ2) is 7.06. The van der Waals surface area contributed by atoms with Crippen molar-refractivity contribution in [1.82, 2.24) is 15.0 Å². The monoisotopic (exact) mass is 338 g/mol. The zero-order chi connectivity index (χ0) is 17.2. The van der Waals surface area contributed by atoms with Gasteiger partial charge in [0.1, 0.15) is 6.61 Å². The highest BCUT2D eigenvalue weighted by Gasteiger charge is 2.45. The summed E-state index contributed by atoms with van der Waals surface area (Å²) >= 11 is 0. The molecule has 2 fully saturated rings. The number of aromatic nitrogens is 2. The summed E-state index contributed by atoms with van der Waals surface area (Å²) in [6.07, 6.45) is 2.82. The molecule has 0 bridgehead atoms. The van der Waals surface area contributed by atoms with E-state index in [0.29, 0.717) is 11.8 Å². The number of nitrogens with zero attached hydrogens (tertiary/aromatic N) is 4. The summed E-state index contributed by atoms with van der Waals surface area (Å²) in [5.74, 6) is 1.36. The van der Waals surface area contributed by atoms with Crippen molar-refractivity contribution in [3.8, 4) is 0 Å². The molecule has 1 N–H and O–H groups in total. The molecule has 1 amide bonds. The van der Waals surface area contributed by atoms with Crippen LogP contribution >= 0.6 is 0 Å². The highest BCUT2D eigenvalue weighted by Crippen LogP contribution is 2.45. The fourth-order valence-corrected chi connectivity index (χ4v) is 4.04. The van der Waals surface area contributed by atoms with Crippen LogP contribution in [0, 0.1) is 18.3 Å². The van der Waals surface area contributed by atoms with Crippen LogP contribution < -0.4 is 4.90 Å². The van der Waals surface area contributed by atoms with E-state index in [0.717, 1.165) is 45.4 Å². The lowest BCUT2D eigenvalue weighted by Crippen LogP contribution is -2.54. The minimum absolute atomic E-state index is 0.0487. The van der Waals surface area contributed by atoms with Gasteiger partial charge in [0.2, 0.25) is 11.8 Å². The summed E-state index contributed by atoms with van der Waals surface area (Å²) < 4.78 is 10.0. The van der Waals surface area contributed by atoms with Gasteiger partial charge in [-0.25, -0.2) is 0 Å². The molecular weight excluding hydrogens is 312 g/mol. The van der Waals surface area contributed by atoms with E-state index in [9.17, 15) is 9.90 Å². The summed E-state index contributed by atoms with van der Waals surface area (Å²) in [4.78, 5) is 20.2. The standard InChI is InChI=1S/C16H26N4O4/c1-12-17-15(18-24-12)20-8-5-16(13(9-20)10-21)3-6-19(7-4-16)14(22)11-23-2/h13,21H,3-11H2,1-2H3. The van der Waals surface area contributed by atoms with E-state index < -0.39 is 0 Å². The molecule has 0 radical (unpaired) electrons. The Hall–Kier alpha value is -1.67. The smallest absolute Gasteiger partial charge is 0.266 e. The summed E-state index contributed by atoms with van der Waals surface area (Å²) in [5.41, 5.74) is 0.0912. The van der Waals surface area contributed by atoms with Gasteiger partial charge in [-0.05, 0) is 29.8 Å². The average molecular weight is 338 g/mol. The topological polar surface area (TPSA) is 91.9 Å². The van der Waals surface area contributed by atoms with Gasteiger partial charge >= 0.3 is 0 Å². The van der Waals surface area contributed by atoms with Gasteiger partial charge in [-0.15, -0.1) is 0 Å². The molecule has 1 spiro atoms. The van der Waals surface area contributed by atoms with E-state index >= 15 is 0 Å². The normalized spacial score (nSPS) is 23.7. The van der Waals surface area contributed by atoms with Crippen molar-refractivity contribution < 1.29 is 19.2 Å². The van der Waals surface area contributed by atoms with Crippen LogP contribution in [0.4, 0.5) is 5.95 Å². The number of aliphatic hydroxyl groups is 1. The van der Waals surface area contributed by atoms with E-state index in [-0.39, 0.29) is 30.5 Å². The summed E-state index contributed by atoms with van der Waals surface area (Å²) in [7, 11) is 1.54. The third-order valence-electron chi connectivity index (χ3n) is 5.59. The number of anilines is 1. The predicted molar refractivity (Wildman–Crippen MR) is 86.6 cm³/mol. The third-order valence-corrected chi connectivity index (χ3v) is 5.59. The molecule has 1 aromatic rings. The van der Waals surface area contributed by atoms with Crippen LogP contribution in [0.15, 0.2) is 4.52 Å². The van der Waals surface area contributed by atoms with Gasteiger partial charge in [0.05, 0.1) is 0 Å². The summed E-state index contributed by atoms with van der Waals surface area (Å²) in [6.45, 7) is 5.10. The molecular formula is C16H26N4O4. The highest BCUT2D eigenvalue weighted by atomic mass is 16.5. The first-order valence-corrected chi connectivity index (χ1v) is 8.51. The van der Waals surface area contributed by atoms with Crippen molar-refractivity contribution in [3.63, 3.8) is 0 Å². The number of piperidine rings is 2. The predicted octanol–water partition coefficient (Wildman–Crippen LogP) is 0.452. The number of hydrogen-bond acceptors (Lipinski definition) is 7. The van der Waals surface area contributed by atoms with Gasteiger partial charge in [0.15, 0.2) is 0 Å². The van der Waals surface area contributed by atoms with Gasteiger partial charge in [-0.2, -0.15) is 4.98 Å². The van der Waals surface area contributed by atoms with Crippen LogP contribution in [-0.4, -0.2) is 72.6 Å². The fourth-order valence-electron chi connectivity index (χ4n) is 4.04. The second-order valence-electron chi connectivity index (χ2n) is 6.87. The molecule has 0 aliphatic carbocycles. The molecule has 1 atom stereocenters. The molecule has 1 aromatic heterocycles. The van der Waals surface area contributed by atoms with Crippen molar-refractivity contribution in [2.24, 2.45) is 11.3 Å². The van der Waals surface area contributed by atoms with Crippen molar-refractivity contribution in [2.45, 2.75) is 26.2 Å². The van der Waals surface area contributed by atoms with Crippen LogP contribution in [0.3, 0.4) is 0 Å². The Morgan fingerprint density at radius 2 is 2.08 bits per heavy atom. The number of carbonyl (C=O) groups excluding carboxylic acids is 1. The Morgan fingerprint density at radius 1 is 1.38 bits per heavy atom. The average Bonchev–Trinajstić information content (AvgIpc) is 3.02. The number of likely N-dealkylation sites (tertiary alicyclic amines) is 1. The summed E-state index contributed by atoms with van der Waals surface area (Å²) in [6, 6.07) is 0. The fraction of sp³-hybridized carbons (Fsp3) is 0.812. The van der Waals surface area contributed by atoms with E-state index in [1.807, 2.05) is 4.90 Å². The lowest BCUT2D eigenvalue weighted by molar-refractivity contribution is -0.138. The number of rotatable bonds is 4. The molecule has 134 valence electrons. The van der Waals surface area contributed by atoms with Gasteiger partial charge in [-0.3, -0.25) is 4.79 Å². The zero-order valence-corrected chi connectivity index (χ0v) is 14.4. The molecule has 1 unspecified atom stereocenters. The number of methoxy groups -OCH3 is 1. The second-order valence-corrected chi connectivity index (χ2v) is 6.87. The molecule has 8 nitrogen and oxygen atoms in total. The molecule has 8 heteroatoms. The molecule has 24 heavy (non-hydrogen) atoms. The minimum atomic E-state index is 0.0487. The van der Waals surface area contributed by atoms with E-state index in [1.54, 1.807) is 14.0 Å². The summed E-state index contributed by atoms with van der Waals surface area (Å²) in [5, 5.41) is 13.9. The van der Waals surface area contributed by atoms with E-state index in [2.05, 4.69) is 15.0 Å². The first-order chi connectivity index (χ1) is 11.6. The number of hydrogen-bond donors (Lipinski definition) is 1. The van der Waals surface area contributed by atoms with Gasteiger partial charge in [-0.1, -0.05) is 0 Å². The Balaban J connectivity index is 1.64. The van der Waals surface area contributed by atoms with Crippen molar-refractivity contribution in [2.75, 3.05) is 51.4 Å². The Morgan fingerprint density at radius 3 is 2.67 bits per heavy atom. The quantitative estimate of drug-likeness (QED) is 0.852. The molecule has 2 aliphatic heterocycles. The Kier molecular flexibility index (Phi) is 5.05.